The van der Waals surface area contributed by atoms with Crippen molar-refractivity contribution in [1.82, 2.24) is 14.6 Å². The second kappa shape index (κ2) is 11.4. The summed E-state index contributed by atoms with van der Waals surface area (Å²) in [5.41, 5.74) is 11.5. The largest absolute Gasteiger partial charge is 0.497 e. The molecule has 0 fully saturated rings. The third-order valence-corrected chi connectivity index (χ3v) is 6.87. The van der Waals surface area contributed by atoms with Gasteiger partial charge in [-0.05, 0) is 67.2 Å². The van der Waals surface area contributed by atoms with E-state index in [1.54, 1.807) is 24.3 Å². The van der Waals surface area contributed by atoms with Gasteiger partial charge in [0.05, 0.1) is 12.8 Å². The number of nitrogen functional groups attached to an aromatic ring is 1. The van der Waals surface area contributed by atoms with Gasteiger partial charge in [-0.1, -0.05) is 31.2 Å². The van der Waals surface area contributed by atoms with Crippen LogP contribution in [0.1, 0.15) is 64.5 Å². The SMILES string of the molecule is CCC(C)(C)NC(=O)[C@H](c1ccc(F)cc1)N(Cc1ccc(OC)cc1)C(=O)c1snc(C(N)=O)c1N. The van der Waals surface area contributed by atoms with E-state index in [1.807, 2.05) is 20.8 Å². The fourth-order valence-corrected chi connectivity index (χ4v) is 4.34. The van der Waals surface area contributed by atoms with Crippen LogP contribution in [0.2, 0.25) is 0 Å². The average molecular weight is 528 g/mol. The zero-order valence-corrected chi connectivity index (χ0v) is 21.9. The van der Waals surface area contributed by atoms with Crippen molar-refractivity contribution < 1.29 is 23.5 Å². The summed E-state index contributed by atoms with van der Waals surface area (Å²) >= 11 is 0.723. The van der Waals surface area contributed by atoms with Gasteiger partial charge in [-0.3, -0.25) is 14.4 Å². The summed E-state index contributed by atoms with van der Waals surface area (Å²) in [5.74, 6) is -1.82. The van der Waals surface area contributed by atoms with Crippen LogP contribution >= 0.6 is 11.5 Å². The Hall–Kier alpha value is -3.99. The summed E-state index contributed by atoms with van der Waals surface area (Å²) in [6, 6.07) is 11.2. The maximum Gasteiger partial charge on any atom is 0.270 e. The second-order valence-corrected chi connectivity index (χ2v) is 9.87. The minimum atomic E-state index is -1.15. The zero-order valence-electron chi connectivity index (χ0n) is 21.1. The number of rotatable bonds is 10. The number of aromatic nitrogens is 1. The van der Waals surface area contributed by atoms with Crippen LogP contribution in [-0.2, 0) is 11.3 Å². The fraction of sp³-hybridized carbons (Fsp3) is 0.308. The topological polar surface area (TPSA) is 141 Å². The molecule has 0 aliphatic carbocycles. The van der Waals surface area contributed by atoms with E-state index in [4.69, 9.17) is 16.2 Å². The minimum Gasteiger partial charge on any atom is -0.497 e. The monoisotopic (exact) mass is 527 g/mol. The molecule has 11 heteroatoms. The molecule has 3 aromatic rings. The molecule has 196 valence electrons. The van der Waals surface area contributed by atoms with Crippen LogP contribution in [0.15, 0.2) is 48.5 Å². The molecule has 0 bridgehead atoms. The van der Waals surface area contributed by atoms with Gasteiger partial charge in [0.2, 0.25) is 5.91 Å². The number of primary amides is 1. The van der Waals surface area contributed by atoms with E-state index in [-0.39, 0.29) is 22.8 Å². The number of hydrogen-bond donors (Lipinski definition) is 3. The number of amides is 3. The van der Waals surface area contributed by atoms with Crippen molar-refractivity contribution in [2.45, 2.75) is 45.3 Å². The van der Waals surface area contributed by atoms with Gasteiger partial charge >= 0.3 is 0 Å². The van der Waals surface area contributed by atoms with Gasteiger partial charge in [0.15, 0.2) is 5.69 Å². The first kappa shape index (κ1) is 27.6. The van der Waals surface area contributed by atoms with Crippen LogP contribution in [0, 0.1) is 5.82 Å². The lowest BCUT2D eigenvalue weighted by Crippen LogP contribution is -2.50. The molecule has 37 heavy (non-hydrogen) atoms. The molecule has 3 amide bonds. The number of carbonyl (C=O) groups excluding carboxylic acids is 3. The van der Waals surface area contributed by atoms with Crippen molar-refractivity contribution in [3.8, 4) is 5.75 Å². The highest BCUT2D eigenvalue weighted by atomic mass is 32.1. The third-order valence-electron chi connectivity index (χ3n) is 6.02. The predicted octanol–water partition coefficient (Wildman–Crippen LogP) is 3.66. The van der Waals surface area contributed by atoms with Gasteiger partial charge in [0, 0.05) is 12.1 Å². The first-order chi connectivity index (χ1) is 17.5. The van der Waals surface area contributed by atoms with Crippen molar-refractivity contribution in [3.63, 3.8) is 0 Å². The molecule has 1 atom stereocenters. The highest BCUT2D eigenvalue weighted by molar-refractivity contribution is 7.09. The second-order valence-electron chi connectivity index (χ2n) is 9.10. The Labute approximate surface area is 218 Å². The number of nitrogens with one attached hydrogen (secondary N) is 1. The standard InChI is InChI=1S/C26H30FN5O4S/c1-5-26(2,3)30-24(34)21(16-8-10-17(27)11-9-16)32(14-15-6-12-18(36-4)13-7-15)25(35)22-19(28)20(23(29)33)31-37-22/h6-13,21H,5,14,28H2,1-4H3,(H2,29,33)(H,30,34)/t21-/m0/s1. The van der Waals surface area contributed by atoms with Crippen LogP contribution in [0.5, 0.6) is 5.75 Å². The maximum absolute atomic E-state index is 13.9. The lowest BCUT2D eigenvalue weighted by molar-refractivity contribution is -0.127. The maximum atomic E-state index is 13.9. The molecular weight excluding hydrogens is 497 g/mol. The first-order valence-corrected chi connectivity index (χ1v) is 12.3. The fourth-order valence-electron chi connectivity index (χ4n) is 3.58. The van der Waals surface area contributed by atoms with Gasteiger partial charge in [0.1, 0.15) is 22.5 Å². The summed E-state index contributed by atoms with van der Waals surface area (Å²) in [6.07, 6.45) is 0.630. The summed E-state index contributed by atoms with van der Waals surface area (Å²) in [7, 11) is 1.54. The summed E-state index contributed by atoms with van der Waals surface area (Å²) in [6.45, 7) is 5.65. The van der Waals surface area contributed by atoms with Crippen LogP contribution in [0.4, 0.5) is 10.1 Å². The number of carbonyl (C=O) groups is 3. The lowest BCUT2D eigenvalue weighted by atomic mass is 9.98. The molecule has 0 radical (unpaired) electrons. The normalized spacial score (nSPS) is 12.0. The number of ether oxygens (including phenoxy) is 1. The van der Waals surface area contributed by atoms with E-state index >= 15 is 0 Å². The molecular formula is C26H30FN5O4S. The molecule has 5 N–H and O–H groups in total. The number of hydrogen-bond acceptors (Lipinski definition) is 7. The van der Waals surface area contributed by atoms with Crippen LogP contribution < -0.4 is 21.5 Å². The molecule has 0 saturated heterocycles. The number of halogens is 1. The number of nitrogens with two attached hydrogens (primary N) is 2. The van der Waals surface area contributed by atoms with Crippen molar-refractivity contribution in [1.29, 1.82) is 0 Å². The minimum absolute atomic E-state index is 0.00586. The van der Waals surface area contributed by atoms with Gasteiger partial charge < -0.3 is 26.4 Å². The quantitative estimate of drug-likeness (QED) is 0.368. The predicted molar refractivity (Wildman–Crippen MR) is 140 cm³/mol. The van der Waals surface area contributed by atoms with E-state index in [9.17, 15) is 18.8 Å². The van der Waals surface area contributed by atoms with Crippen molar-refractivity contribution in [2.24, 2.45) is 5.73 Å². The molecule has 0 spiro atoms. The Balaban J connectivity index is 2.15. The Morgan fingerprint density at radius 1 is 1.14 bits per heavy atom. The molecule has 2 aromatic carbocycles. The van der Waals surface area contributed by atoms with E-state index in [0.717, 1.165) is 11.5 Å². The van der Waals surface area contributed by atoms with Crippen LogP contribution in [0.3, 0.4) is 0 Å². The van der Waals surface area contributed by atoms with E-state index in [2.05, 4.69) is 9.69 Å². The number of anilines is 1. The summed E-state index contributed by atoms with van der Waals surface area (Å²) < 4.78 is 22.9. The zero-order chi connectivity index (χ0) is 27.3. The molecule has 3 rings (SSSR count). The Kier molecular flexibility index (Phi) is 8.49. The van der Waals surface area contributed by atoms with Gasteiger partial charge in [-0.25, -0.2) is 4.39 Å². The van der Waals surface area contributed by atoms with Crippen LogP contribution in [0.25, 0.3) is 0 Å². The van der Waals surface area contributed by atoms with E-state index < -0.39 is 35.1 Å². The molecule has 0 unspecified atom stereocenters. The van der Waals surface area contributed by atoms with E-state index in [0.29, 0.717) is 23.3 Å². The Morgan fingerprint density at radius 3 is 2.27 bits per heavy atom. The average Bonchev–Trinajstić information content (AvgIpc) is 3.26. The van der Waals surface area contributed by atoms with Gasteiger partial charge in [0.25, 0.3) is 11.8 Å². The van der Waals surface area contributed by atoms with Crippen molar-refractivity contribution in [2.75, 3.05) is 12.8 Å². The third kappa shape index (κ3) is 6.42. The summed E-state index contributed by atoms with van der Waals surface area (Å²) in [4.78, 5) is 40.7. The van der Waals surface area contributed by atoms with Gasteiger partial charge in [-0.15, -0.1) is 0 Å². The first-order valence-electron chi connectivity index (χ1n) is 11.5. The molecule has 0 aliphatic heterocycles. The van der Waals surface area contributed by atoms with Crippen molar-refractivity contribution in [3.05, 3.63) is 76.0 Å². The number of nitrogens with zero attached hydrogens (tertiary/aromatic N) is 2. The molecule has 9 nitrogen and oxygen atoms in total. The lowest BCUT2D eigenvalue weighted by Gasteiger charge is -2.34. The summed E-state index contributed by atoms with van der Waals surface area (Å²) in [5, 5.41) is 2.98. The molecule has 0 aliphatic rings. The molecule has 1 heterocycles. The highest BCUT2D eigenvalue weighted by Crippen LogP contribution is 2.31. The Bertz CT molecular complexity index is 1280. The Morgan fingerprint density at radius 2 is 1.76 bits per heavy atom. The van der Waals surface area contributed by atoms with E-state index in [1.165, 1.54) is 36.3 Å². The number of benzene rings is 2. The van der Waals surface area contributed by atoms with Gasteiger partial charge in [-0.2, -0.15) is 4.37 Å². The molecule has 0 saturated carbocycles. The smallest absolute Gasteiger partial charge is 0.270 e. The highest BCUT2D eigenvalue weighted by Gasteiger charge is 2.36. The van der Waals surface area contributed by atoms with Crippen molar-refractivity contribution >= 4 is 34.9 Å². The number of methoxy groups -OCH3 is 1. The van der Waals surface area contributed by atoms with Crippen LogP contribution in [-0.4, -0.2) is 39.6 Å². The molecule has 1 aromatic heterocycles.